The highest BCUT2D eigenvalue weighted by atomic mass is 16.3. The molecule has 0 unspecified atom stereocenters. The topological polar surface area (TPSA) is 52.5 Å². The number of β-amino-alcohol motifs (C(OH)–C–C–N with tert-alkyl or cyclic N) is 1. The second-order valence-electron chi connectivity index (χ2n) is 3.76. The van der Waals surface area contributed by atoms with E-state index in [0.717, 1.165) is 12.1 Å². The summed E-state index contributed by atoms with van der Waals surface area (Å²) in [6.45, 7) is 1.19. The summed E-state index contributed by atoms with van der Waals surface area (Å²) in [5, 5.41) is 23.1. The largest absolute Gasteiger partial charge is 0.388 e. The molecule has 3 N–H and O–H groups in total. The minimum atomic E-state index is -1.08. The van der Waals surface area contributed by atoms with Gasteiger partial charge in [0.2, 0.25) is 0 Å². The van der Waals surface area contributed by atoms with E-state index in [1.54, 1.807) is 0 Å². The lowest BCUT2D eigenvalue weighted by Crippen LogP contribution is -2.51. The Morgan fingerprint density at radius 3 is 2.64 bits per heavy atom. The van der Waals surface area contributed by atoms with Gasteiger partial charge >= 0.3 is 0 Å². The Balaban J connectivity index is 2.30. The molecule has 1 aliphatic heterocycles. The third kappa shape index (κ3) is 1.54. The van der Waals surface area contributed by atoms with Crippen molar-refractivity contribution in [3.63, 3.8) is 0 Å². The first kappa shape index (κ1) is 9.65. The van der Waals surface area contributed by atoms with Crippen LogP contribution in [0.5, 0.6) is 0 Å². The molecule has 1 heterocycles. The first-order chi connectivity index (χ1) is 6.73. The van der Waals surface area contributed by atoms with Crippen molar-refractivity contribution in [1.82, 2.24) is 5.32 Å². The first-order valence-electron chi connectivity index (χ1n) is 4.90. The Morgan fingerprint density at radius 1 is 1.29 bits per heavy atom. The van der Waals surface area contributed by atoms with Gasteiger partial charge in [0, 0.05) is 6.54 Å². The van der Waals surface area contributed by atoms with Crippen LogP contribution in [-0.4, -0.2) is 29.4 Å². The molecule has 1 aliphatic rings. The van der Waals surface area contributed by atoms with Gasteiger partial charge in [0.1, 0.15) is 5.60 Å². The van der Waals surface area contributed by atoms with Crippen molar-refractivity contribution in [2.45, 2.75) is 18.1 Å². The zero-order chi connectivity index (χ0) is 10.0. The average molecular weight is 193 g/mol. The van der Waals surface area contributed by atoms with Crippen LogP contribution in [0, 0.1) is 0 Å². The number of aliphatic hydroxyl groups is 2. The fraction of sp³-hybridized carbons (Fsp3) is 0.455. The van der Waals surface area contributed by atoms with E-state index in [1.807, 2.05) is 30.3 Å². The fourth-order valence-electron chi connectivity index (χ4n) is 1.92. The van der Waals surface area contributed by atoms with Crippen LogP contribution in [0.25, 0.3) is 0 Å². The van der Waals surface area contributed by atoms with Gasteiger partial charge in [-0.05, 0) is 18.5 Å². The number of piperidine rings is 1. The third-order valence-corrected chi connectivity index (χ3v) is 2.85. The Morgan fingerprint density at radius 2 is 2.00 bits per heavy atom. The van der Waals surface area contributed by atoms with Crippen LogP contribution in [0.3, 0.4) is 0 Å². The van der Waals surface area contributed by atoms with E-state index >= 15 is 0 Å². The Bertz CT molecular complexity index is 301. The van der Waals surface area contributed by atoms with E-state index in [4.69, 9.17) is 0 Å². The molecular formula is C11H15NO2. The van der Waals surface area contributed by atoms with Crippen molar-refractivity contribution in [3.05, 3.63) is 35.9 Å². The van der Waals surface area contributed by atoms with Crippen molar-refractivity contribution in [1.29, 1.82) is 0 Å². The molecule has 0 aliphatic carbocycles. The summed E-state index contributed by atoms with van der Waals surface area (Å²) in [7, 11) is 0. The molecule has 2 rings (SSSR count). The quantitative estimate of drug-likeness (QED) is 0.598. The summed E-state index contributed by atoms with van der Waals surface area (Å²) in [5.74, 6) is 0. The van der Waals surface area contributed by atoms with E-state index in [1.165, 1.54) is 0 Å². The molecule has 1 aromatic rings. The van der Waals surface area contributed by atoms with Crippen molar-refractivity contribution in [2.75, 3.05) is 13.1 Å². The molecule has 0 amide bonds. The number of nitrogens with one attached hydrogen (secondary N) is 1. The van der Waals surface area contributed by atoms with Gasteiger partial charge < -0.3 is 15.5 Å². The predicted molar refractivity (Wildman–Crippen MR) is 53.8 cm³/mol. The van der Waals surface area contributed by atoms with E-state index < -0.39 is 11.7 Å². The Labute approximate surface area is 83.4 Å². The molecule has 76 valence electrons. The van der Waals surface area contributed by atoms with Gasteiger partial charge in [0.25, 0.3) is 0 Å². The van der Waals surface area contributed by atoms with Crippen molar-refractivity contribution in [3.8, 4) is 0 Å². The maximum Gasteiger partial charge on any atom is 0.118 e. The SMILES string of the molecule is O[C@H]1CNCC[C@]1(O)c1ccccc1. The summed E-state index contributed by atoms with van der Waals surface area (Å²) in [6, 6.07) is 9.37. The number of hydrogen-bond acceptors (Lipinski definition) is 3. The smallest absolute Gasteiger partial charge is 0.118 e. The van der Waals surface area contributed by atoms with Gasteiger partial charge in [-0.1, -0.05) is 30.3 Å². The molecule has 3 heteroatoms. The Hall–Kier alpha value is -0.900. The Kier molecular flexibility index (Phi) is 2.54. The van der Waals surface area contributed by atoms with Gasteiger partial charge in [-0.2, -0.15) is 0 Å². The molecular weight excluding hydrogens is 178 g/mol. The monoisotopic (exact) mass is 193 g/mol. The van der Waals surface area contributed by atoms with Gasteiger partial charge in [0.15, 0.2) is 0 Å². The van der Waals surface area contributed by atoms with Crippen LogP contribution in [-0.2, 0) is 5.60 Å². The second kappa shape index (κ2) is 3.69. The van der Waals surface area contributed by atoms with Crippen molar-refractivity contribution >= 4 is 0 Å². The molecule has 0 radical (unpaired) electrons. The van der Waals surface area contributed by atoms with E-state index in [9.17, 15) is 10.2 Å². The van der Waals surface area contributed by atoms with Crippen LogP contribution in [0.4, 0.5) is 0 Å². The fourth-order valence-corrected chi connectivity index (χ4v) is 1.92. The summed E-state index contributed by atoms with van der Waals surface area (Å²) < 4.78 is 0. The second-order valence-corrected chi connectivity index (χ2v) is 3.76. The highest BCUT2D eigenvalue weighted by Crippen LogP contribution is 2.30. The van der Waals surface area contributed by atoms with Crippen LogP contribution in [0.15, 0.2) is 30.3 Å². The van der Waals surface area contributed by atoms with Crippen molar-refractivity contribution in [2.24, 2.45) is 0 Å². The highest BCUT2D eigenvalue weighted by Gasteiger charge is 2.39. The lowest BCUT2D eigenvalue weighted by molar-refractivity contribution is -0.0976. The minimum Gasteiger partial charge on any atom is -0.388 e. The maximum atomic E-state index is 10.3. The van der Waals surface area contributed by atoms with E-state index in [-0.39, 0.29) is 0 Å². The summed E-state index contributed by atoms with van der Waals surface area (Å²) in [4.78, 5) is 0. The highest BCUT2D eigenvalue weighted by molar-refractivity contribution is 5.24. The van der Waals surface area contributed by atoms with Gasteiger partial charge in [-0.3, -0.25) is 0 Å². The molecule has 0 saturated carbocycles. The summed E-state index contributed by atoms with van der Waals surface area (Å²) >= 11 is 0. The van der Waals surface area contributed by atoms with Crippen molar-refractivity contribution < 1.29 is 10.2 Å². The third-order valence-electron chi connectivity index (χ3n) is 2.85. The first-order valence-corrected chi connectivity index (χ1v) is 4.90. The number of aliphatic hydroxyl groups excluding tert-OH is 1. The van der Waals surface area contributed by atoms with Gasteiger partial charge in [-0.15, -0.1) is 0 Å². The molecule has 1 fully saturated rings. The molecule has 14 heavy (non-hydrogen) atoms. The zero-order valence-electron chi connectivity index (χ0n) is 7.98. The van der Waals surface area contributed by atoms with Crippen LogP contribution >= 0.6 is 0 Å². The standard InChI is InChI=1S/C11H15NO2/c13-10-8-12-7-6-11(10,14)9-4-2-1-3-5-9/h1-5,10,12-14H,6-8H2/t10-,11-/m0/s1. The minimum absolute atomic E-state index is 0.450. The number of rotatable bonds is 1. The van der Waals surface area contributed by atoms with Crippen LogP contribution in [0.2, 0.25) is 0 Å². The summed E-state index contributed by atoms with van der Waals surface area (Å²) in [6.07, 6.45) is -0.170. The molecule has 0 aromatic heterocycles. The molecule has 0 bridgehead atoms. The molecule has 1 aromatic carbocycles. The molecule has 2 atom stereocenters. The zero-order valence-corrected chi connectivity index (χ0v) is 7.98. The molecule has 3 nitrogen and oxygen atoms in total. The predicted octanol–water partition coefficient (Wildman–Crippen LogP) is 0.228. The van der Waals surface area contributed by atoms with E-state index in [0.29, 0.717) is 13.0 Å². The summed E-state index contributed by atoms with van der Waals surface area (Å²) in [5.41, 5.74) is -0.277. The number of hydrogen-bond donors (Lipinski definition) is 3. The van der Waals surface area contributed by atoms with Gasteiger partial charge in [-0.25, -0.2) is 0 Å². The van der Waals surface area contributed by atoms with Crippen LogP contribution in [0.1, 0.15) is 12.0 Å². The lowest BCUT2D eigenvalue weighted by atomic mass is 9.83. The maximum absolute atomic E-state index is 10.3. The van der Waals surface area contributed by atoms with Crippen LogP contribution < -0.4 is 5.32 Å². The molecule has 0 spiro atoms. The normalized spacial score (nSPS) is 32.9. The molecule has 1 saturated heterocycles. The van der Waals surface area contributed by atoms with E-state index in [2.05, 4.69) is 5.32 Å². The lowest BCUT2D eigenvalue weighted by Gasteiger charge is -2.37. The number of benzene rings is 1. The average Bonchev–Trinajstić information content (AvgIpc) is 2.24. The van der Waals surface area contributed by atoms with Gasteiger partial charge in [0.05, 0.1) is 6.10 Å².